The summed E-state index contributed by atoms with van der Waals surface area (Å²) in [4.78, 5) is 6.78. The summed E-state index contributed by atoms with van der Waals surface area (Å²) in [6.07, 6.45) is 1.12. The number of aryl methyl sites for hydroxylation is 2. The van der Waals surface area contributed by atoms with E-state index in [-0.39, 0.29) is 6.10 Å². The van der Waals surface area contributed by atoms with Crippen LogP contribution in [-0.2, 0) is 11.2 Å². The smallest absolute Gasteiger partial charge is 0.193 e. The molecule has 1 fully saturated rings. The van der Waals surface area contributed by atoms with Gasteiger partial charge in [-0.3, -0.25) is 4.99 Å². The van der Waals surface area contributed by atoms with Gasteiger partial charge in [0.1, 0.15) is 6.10 Å². The molecule has 1 aliphatic heterocycles. The molecule has 1 atom stereocenters. The van der Waals surface area contributed by atoms with E-state index in [1.165, 1.54) is 22.3 Å². The van der Waals surface area contributed by atoms with Gasteiger partial charge >= 0.3 is 0 Å². The van der Waals surface area contributed by atoms with Gasteiger partial charge in [-0.15, -0.1) is 0 Å². The summed E-state index contributed by atoms with van der Waals surface area (Å²) in [6, 6.07) is 8.77. The van der Waals surface area contributed by atoms with Gasteiger partial charge in [-0.2, -0.15) is 11.3 Å². The van der Waals surface area contributed by atoms with Crippen molar-refractivity contribution in [1.29, 1.82) is 0 Å². The highest BCUT2D eigenvalue weighted by Gasteiger charge is 2.25. The van der Waals surface area contributed by atoms with Gasteiger partial charge in [0.05, 0.1) is 13.2 Å². The summed E-state index contributed by atoms with van der Waals surface area (Å²) in [7, 11) is 1.86. The number of benzene rings is 1. The molecule has 25 heavy (non-hydrogen) atoms. The van der Waals surface area contributed by atoms with Gasteiger partial charge in [0.2, 0.25) is 0 Å². The highest BCUT2D eigenvalue weighted by atomic mass is 32.1. The van der Waals surface area contributed by atoms with Crippen molar-refractivity contribution in [3.63, 3.8) is 0 Å². The van der Waals surface area contributed by atoms with E-state index < -0.39 is 0 Å². The molecule has 0 radical (unpaired) electrons. The van der Waals surface area contributed by atoms with Crippen molar-refractivity contribution in [2.75, 3.05) is 33.3 Å². The SMILES string of the molecule is CN=C(NCCc1ccsc1)N1CCOC(c2ccc(C)cc2C)C1. The second kappa shape index (κ2) is 8.50. The molecule has 1 aromatic carbocycles. The van der Waals surface area contributed by atoms with Gasteiger partial charge in [-0.1, -0.05) is 23.8 Å². The van der Waals surface area contributed by atoms with Crippen molar-refractivity contribution >= 4 is 17.3 Å². The Hall–Kier alpha value is -1.85. The van der Waals surface area contributed by atoms with Crippen LogP contribution in [0.1, 0.15) is 28.4 Å². The Balaban J connectivity index is 1.60. The van der Waals surface area contributed by atoms with Crippen LogP contribution in [0.2, 0.25) is 0 Å². The van der Waals surface area contributed by atoms with E-state index in [1.54, 1.807) is 11.3 Å². The Morgan fingerprint density at radius 3 is 2.96 bits per heavy atom. The van der Waals surface area contributed by atoms with Gasteiger partial charge in [-0.25, -0.2) is 0 Å². The molecule has 0 bridgehead atoms. The molecule has 1 unspecified atom stereocenters. The van der Waals surface area contributed by atoms with Crippen LogP contribution < -0.4 is 5.32 Å². The van der Waals surface area contributed by atoms with Crippen molar-refractivity contribution in [2.24, 2.45) is 4.99 Å². The van der Waals surface area contributed by atoms with E-state index in [9.17, 15) is 0 Å². The Labute approximate surface area is 154 Å². The Morgan fingerprint density at radius 1 is 1.36 bits per heavy atom. The lowest BCUT2D eigenvalue weighted by atomic mass is 10.00. The molecule has 0 aliphatic carbocycles. The van der Waals surface area contributed by atoms with Crippen LogP contribution in [0.25, 0.3) is 0 Å². The summed E-state index contributed by atoms with van der Waals surface area (Å²) in [5.41, 5.74) is 5.25. The summed E-state index contributed by atoms with van der Waals surface area (Å²) >= 11 is 1.75. The van der Waals surface area contributed by atoms with Gasteiger partial charge < -0.3 is 15.0 Å². The second-order valence-electron chi connectivity index (χ2n) is 6.52. The molecule has 1 saturated heterocycles. The fraction of sp³-hybridized carbons (Fsp3) is 0.450. The van der Waals surface area contributed by atoms with Crippen LogP contribution >= 0.6 is 11.3 Å². The number of nitrogens with zero attached hydrogens (tertiary/aromatic N) is 2. The molecular formula is C20H27N3OS. The molecule has 1 N–H and O–H groups in total. The third-order valence-electron chi connectivity index (χ3n) is 4.63. The Morgan fingerprint density at radius 2 is 2.24 bits per heavy atom. The monoisotopic (exact) mass is 357 g/mol. The minimum atomic E-state index is 0.102. The minimum Gasteiger partial charge on any atom is -0.370 e. The highest BCUT2D eigenvalue weighted by molar-refractivity contribution is 7.07. The minimum absolute atomic E-state index is 0.102. The maximum atomic E-state index is 6.05. The zero-order chi connectivity index (χ0) is 17.6. The number of hydrogen-bond acceptors (Lipinski definition) is 3. The molecule has 0 spiro atoms. The lowest BCUT2D eigenvalue weighted by Crippen LogP contribution is -2.48. The number of hydrogen-bond donors (Lipinski definition) is 1. The quantitative estimate of drug-likeness (QED) is 0.671. The van der Waals surface area contributed by atoms with Crippen LogP contribution in [0.15, 0.2) is 40.0 Å². The molecule has 134 valence electrons. The third kappa shape index (κ3) is 4.61. The lowest BCUT2D eigenvalue weighted by molar-refractivity contribution is -0.00830. The first-order valence-corrected chi connectivity index (χ1v) is 9.77. The second-order valence-corrected chi connectivity index (χ2v) is 7.30. The average molecular weight is 358 g/mol. The van der Waals surface area contributed by atoms with Crippen molar-refractivity contribution < 1.29 is 4.74 Å². The van der Waals surface area contributed by atoms with E-state index in [4.69, 9.17) is 4.74 Å². The zero-order valence-corrected chi connectivity index (χ0v) is 16.1. The van der Waals surface area contributed by atoms with Crippen LogP contribution in [0.3, 0.4) is 0 Å². The molecule has 4 nitrogen and oxygen atoms in total. The first kappa shape index (κ1) is 18.0. The number of rotatable bonds is 4. The molecule has 2 heterocycles. The van der Waals surface area contributed by atoms with Gasteiger partial charge in [0, 0.05) is 20.1 Å². The molecular weight excluding hydrogens is 330 g/mol. The van der Waals surface area contributed by atoms with Crippen LogP contribution in [0.4, 0.5) is 0 Å². The first-order chi connectivity index (χ1) is 12.2. The molecule has 0 amide bonds. The summed E-state index contributed by atoms with van der Waals surface area (Å²) < 4.78 is 6.05. The van der Waals surface area contributed by atoms with Gasteiger partial charge in [0.25, 0.3) is 0 Å². The van der Waals surface area contributed by atoms with Gasteiger partial charge in [0.15, 0.2) is 5.96 Å². The molecule has 2 aromatic rings. The van der Waals surface area contributed by atoms with E-state index in [0.29, 0.717) is 0 Å². The predicted octanol–water partition coefficient (Wildman–Crippen LogP) is 3.56. The molecule has 1 aromatic heterocycles. The van der Waals surface area contributed by atoms with Crippen LogP contribution in [-0.4, -0.2) is 44.1 Å². The van der Waals surface area contributed by atoms with Crippen molar-refractivity contribution in [3.8, 4) is 0 Å². The number of aliphatic imine (C=N–C) groups is 1. The fourth-order valence-corrected chi connectivity index (χ4v) is 4.01. The number of thiophene rings is 1. The van der Waals surface area contributed by atoms with Gasteiger partial charge in [-0.05, 0) is 53.8 Å². The number of ether oxygens (including phenoxy) is 1. The fourth-order valence-electron chi connectivity index (χ4n) is 3.30. The third-order valence-corrected chi connectivity index (χ3v) is 5.36. The average Bonchev–Trinajstić information content (AvgIpc) is 3.12. The standard InChI is InChI=1S/C20H27N3OS/c1-15-4-5-18(16(2)12-15)19-13-23(9-10-24-19)20(21-3)22-8-6-17-7-11-25-14-17/h4-5,7,11-12,14,19H,6,8-10,13H2,1-3H3,(H,21,22). The summed E-state index contributed by atoms with van der Waals surface area (Å²) in [6.45, 7) is 7.63. The summed E-state index contributed by atoms with van der Waals surface area (Å²) in [5.74, 6) is 0.966. The van der Waals surface area contributed by atoms with Crippen molar-refractivity contribution in [1.82, 2.24) is 10.2 Å². The van der Waals surface area contributed by atoms with E-state index in [0.717, 1.165) is 38.6 Å². The molecule has 1 aliphatic rings. The largest absolute Gasteiger partial charge is 0.370 e. The highest BCUT2D eigenvalue weighted by Crippen LogP contribution is 2.25. The summed E-state index contributed by atoms with van der Waals surface area (Å²) in [5, 5.41) is 7.83. The maximum Gasteiger partial charge on any atom is 0.193 e. The first-order valence-electron chi connectivity index (χ1n) is 8.83. The van der Waals surface area contributed by atoms with E-state index >= 15 is 0 Å². The van der Waals surface area contributed by atoms with Crippen molar-refractivity contribution in [3.05, 3.63) is 57.3 Å². The van der Waals surface area contributed by atoms with Crippen LogP contribution in [0, 0.1) is 13.8 Å². The molecule has 5 heteroatoms. The zero-order valence-electron chi connectivity index (χ0n) is 15.3. The molecule has 3 rings (SSSR count). The van der Waals surface area contributed by atoms with E-state index in [1.807, 2.05) is 7.05 Å². The normalized spacial score (nSPS) is 18.4. The predicted molar refractivity (Wildman–Crippen MR) is 106 cm³/mol. The Kier molecular flexibility index (Phi) is 6.10. The number of morpholine rings is 1. The van der Waals surface area contributed by atoms with Crippen molar-refractivity contribution in [2.45, 2.75) is 26.4 Å². The van der Waals surface area contributed by atoms with E-state index in [2.05, 4.69) is 64.1 Å². The molecule has 0 saturated carbocycles. The van der Waals surface area contributed by atoms with Crippen LogP contribution in [0.5, 0.6) is 0 Å². The maximum absolute atomic E-state index is 6.05. The Bertz CT molecular complexity index is 712. The lowest BCUT2D eigenvalue weighted by Gasteiger charge is -2.35. The number of nitrogens with one attached hydrogen (secondary N) is 1. The topological polar surface area (TPSA) is 36.9 Å². The number of guanidine groups is 1.